The number of nitrogens with zero attached hydrogens (tertiary/aromatic N) is 2. The number of nitrogens with one attached hydrogen (secondary N) is 1. The van der Waals surface area contributed by atoms with Crippen molar-refractivity contribution in [2.45, 2.75) is 38.3 Å². The van der Waals surface area contributed by atoms with Gasteiger partial charge in [-0.1, -0.05) is 12.1 Å². The molecule has 1 unspecified atom stereocenters. The summed E-state index contributed by atoms with van der Waals surface area (Å²) in [6.07, 6.45) is 5.19. The van der Waals surface area contributed by atoms with Crippen LogP contribution in [0, 0.1) is 16.0 Å². The van der Waals surface area contributed by atoms with E-state index in [2.05, 4.69) is 10.2 Å². The molecule has 1 saturated carbocycles. The van der Waals surface area contributed by atoms with Crippen LogP contribution in [0.4, 0.5) is 5.69 Å². The number of nitro benzene ring substituents is 1. The number of non-ortho nitro benzene ring substituents is 1. The Morgan fingerprint density at radius 1 is 1.24 bits per heavy atom. The smallest absolute Gasteiger partial charge is 0.269 e. The fraction of sp³-hybridized carbons (Fsp3) is 0.625. The Morgan fingerprint density at radius 2 is 2.00 bits per heavy atom. The second-order valence-corrected chi connectivity index (χ2v) is 6.30. The summed E-state index contributed by atoms with van der Waals surface area (Å²) in [7, 11) is 0. The summed E-state index contributed by atoms with van der Waals surface area (Å²) in [6, 6.07) is 7.74. The fourth-order valence-electron chi connectivity index (χ4n) is 3.15. The first-order chi connectivity index (χ1) is 10.2. The summed E-state index contributed by atoms with van der Waals surface area (Å²) >= 11 is 0. The lowest BCUT2D eigenvalue weighted by molar-refractivity contribution is -0.384. The van der Waals surface area contributed by atoms with Crippen LogP contribution in [0.25, 0.3) is 0 Å². The van der Waals surface area contributed by atoms with E-state index >= 15 is 0 Å². The third-order valence-electron chi connectivity index (χ3n) is 4.49. The number of piperidine rings is 1. The molecular formula is C16H23N3O2. The van der Waals surface area contributed by atoms with Crippen LogP contribution in [0.2, 0.25) is 0 Å². The molecule has 5 nitrogen and oxygen atoms in total. The lowest BCUT2D eigenvalue weighted by Gasteiger charge is -2.30. The second kappa shape index (κ2) is 6.54. The van der Waals surface area contributed by atoms with E-state index in [-0.39, 0.29) is 10.6 Å². The van der Waals surface area contributed by atoms with Gasteiger partial charge in [0.25, 0.3) is 5.69 Å². The maximum atomic E-state index is 10.7. The van der Waals surface area contributed by atoms with E-state index in [0.29, 0.717) is 0 Å². The first-order valence-corrected chi connectivity index (χ1v) is 7.90. The molecule has 1 aromatic rings. The monoisotopic (exact) mass is 289 g/mol. The van der Waals surface area contributed by atoms with Gasteiger partial charge in [0.1, 0.15) is 0 Å². The molecule has 0 spiro atoms. The van der Waals surface area contributed by atoms with Crippen molar-refractivity contribution in [3.05, 3.63) is 39.9 Å². The summed E-state index contributed by atoms with van der Waals surface area (Å²) in [6.45, 7) is 4.35. The molecule has 2 aliphatic rings. The molecule has 21 heavy (non-hydrogen) atoms. The Hall–Kier alpha value is -1.46. The third-order valence-corrected chi connectivity index (χ3v) is 4.49. The molecule has 114 valence electrons. The van der Waals surface area contributed by atoms with Crippen LogP contribution in [0.3, 0.4) is 0 Å². The van der Waals surface area contributed by atoms with Crippen molar-refractivity contribution in [2.24, 2.45) is 5.92 Å². The minimum Gasteiger partial charge on any atom is -0.316 e. The first kappa shape index (κ1) is 14.5. The van der Waals surface area contributed by atoms with Crippen LogP contribution in [0.5, 0.6) is 0 Å². The van der Waals surface area contributed by atoms with Crippen molar-refractivity contribution in [2.75, 3.05) is 19.6 Å². The van der Waals surface area contributed by atoms with Gasteiger partial charge in [0.15, 0.2) is 0 Å². The van der Waals surface area contributed by atoms with E-state index in [4.69, 9.17) is 0 Å². The zero-order valence-electron chi connectivity index (χ0n) is 12.3. The van der Waals surface area contributed by atoms with Gasteiger partial charge >= 0.3 is 0 Å². The predicted octanol–water partition coefficient (Wildman–Crippen LogP) is 2.56. The average molecular weight is 289 g/mol. The number of benzene rings is 1. The lowest BCUT2D eigenvalue weighted by atomic mass is 9.98. The van der Waals surface area contributed by atoms with Crippen LogP contribution in [-0.2, 0) is 6.54 Å². The Kier molecular flexibility index (Phi) is 4.51. The van der Waals surface area contributed by atoms with Gasteiger partial charge in [-0.3, -0.25) is 15.0 Å². The molecular weight excluding hydrogens is 266 g/mol. The van der Waals surface area contributed by atoms with E-state index in [1.807, 2.05) is 12.1 Å². The summed E-state index contributed by atoms with van der Waals surface area (Å²) in [5.41, 5.74) is 1.35. The molecule has 1 aliphatic carbocycles. The summed E-state index contributed by atoms with van der Waals surface area (Å²) in [4.78, 5) is 12.9. The molecule has 1 aromatic carbocycles. The topological polar surface area (TPSA) is 58.4 Å². The van der Waals surface area contributed by atoms with Gasteiger partial charge in [-0.2, -0.15) is 0 Å². The SMILES string of the molecule is O=[N+]([O-])c1ccc(CN(CC2CCCNC2)C2CC2)cc1. The van der Waals surface area contributed by atoms with E-state index in [0.717, 1.165) is 38.1 Å². The Balaban J connectivity index is 1.60. The summed E-state index contributed by atoms with van der Waals surface area (Å²) in [5.74, 6) is 0.748. The summed E-state index contributed by atoms with van der Waals surface area (Å²) in [5, 5.41) is 14.2. The van der Waals surface area contributed by atoms with Gasteiger partial charge < -0.3 is 5.32 Å². The quantitative estimate of drug-likeness (QED) is 0.646. The second-order valence-electron chi connectivity index (χ2n) is 6.30. The van der Waals surface area contributed by atoms with Crippen molar-refractivity contribution >= 4 is 5.69 Å². The van der Waals surface area contributed by atoms with Crippen molar-refractivity contribution in [3.8, 4) is 0 Å². The molecule has 0 bridgehead atoms. The van der Waals surface area contributed by atoms with Gasteiger partial charge in [0.05, 0.1) is 4.92 Å². The van der Waals surface area contributed by atoms with Gasteiger partial charge in [-0.15, -0.1) is 0 Å². The van der Waals surface area contributed by atoms with Gasteiger partial charge in [-0.25, -0.2) is 0 Å². The normalized spacial score (nSPS) is 22.4. The number of hydrogen-bond acceptors (Lipinski definition) is 4. The summed E-state index contributed by atoms with van der Waals surface area (Å²) < 4.78 is 0. The third kappa shape index (κ3) is 4.02. The molecule has 5 heteroatoms. The number of nitro groups is 1. The molecule has 0 radical (unpaired) electrons. The van der Waals surface area contributed by atoms with Crippen molar-refractivity contribution in [1.29, 1.82) is 0 Å². The van der Waals surface area contributed by atoms with E-state index in [1.54, 1.807) is 12.1 Å². The largest absolute Gasteiger partial charge is 0.316 e. The average Bonchev–Trinajstić information content (AvgIpc) is 3.33. The molecule has 1 heterocycles. The van der Waals surface area contributed by atoms with Gasteiger partial charge in [-0.05, 0) is 50.3 Å². The van der Waals surface area contributed by atoms with Crippen LogP contribution in [0.1, 0.15) is 31.2 Å². The number of hydrogen-bond donors (Lipinski definition) is 1. The highest BCUT2D eigenvalue weighted by molar-refractivity contribution is 5.32. The predicted molar refractivity (Wildman–Crippen MR) is 82.1 cm³/mol. The van der Waals surface area contributed by atoms with E-state index in [9.17, 15) is 10.1 Å². The molecule has 1 aliphatic heterocycles. The lowest BCUT2D eigenvalue weighted by Crippen LogP contribution is -2.39. The van der Waals surface area contributed by atoms with Gasteiger partial charge in [0.2, 0.25) is 0 Å². The van der Waals surface area contributed by atoms with Crippen molar-refractivity contribution in [1.82, 2.24) is 10.2 Å². The molecule has 0 aromatic heterocycles. The van der Waals surface area contributed by atoms with Crippen LogP contribution in [0.15, 0.2) is 24.3 Å². The highest BCUT2D eigenvalue weighted by Crippen LogP contribution is 2.30. The minimum atomic E-state index is -0.337. The molecule has 2 fully saturated rings. The van der Waals surface area contributed by atoms with Crippen LogP contribution >= 0.6 is 0 Å². The standard InChI is InChI=1S/C16H23N3O2/c20-19(21)16-5-3-13(4-6-16)11-18(15-7-8-15)12-14-2-1-9-17-10-14/h3-6,14-15,17H,1-2,7-12H2. The van der Waals surface area contributed by atoms with Crippen LogP contribution < -0.4 is 5.32 Å². The van der Waals surface area contributed by atoms with Crippen LogP contribution in [-0.4, -0.2) is 35.5 Å². The highest BCUT2D eigenvalue weighted by atomic mass is 16.6. The highest BCUT2D eigenvalue weighted by Gasteiger charge is 2.30. The molecule has 1 atom stereocenters. The maximum Gasteiger partial charge on any atom is 0.269 e. The zero-order valence-corrected chi connectivity index (χ0v) is 12.3. The molecule has 1 N–H and O–H groups in total. The Bertz CT molecular complexity index is 479. The minimum absolute atomic E-state index is 0.174. The fourth-order valence-corrected chi connectivity index (χ4v) is 3.15. The molecule has 3 rings (SSSR count). The van der Waals surface area contributed by atoms with Crippen molar-refractivity contribution < 1.29 is 4.92 Å². The first-order valence-electron chi connectivity index (χ1n) is 7.90. The van der Waals surface area contributed by atoms with Gasteiger partial charge in [0, 0.05) is 31.3 Å². The molecule has 0 amide bonds. The Morgan fingerprint density at radius 3 is 2.57 bits per heavy atom. The zero-order chi connectivity index (χ0) is 14.7. The number of rotatable bonds is 6. The van der Waals surface area contributed by atoms with E-state index in [1.165, 1.54) is 31.2 Å². The Labute approximate surface area is 125 Å². The van der Waals surface area contributed by atoms with E-state index < -0.39 is 0 Å². The maximum absolute atomic E-state index is 10.7. The molecule has 1 saturated heterocycles. The van der Waals surface area contributed by atoms with Crippen molar-refractivity contribution in [3.63, 3.8) is 0 Å².